The lowest BCUT2D eigenvalue weighted by Crippen LogP contribution is -1.73. The molecule has 6 nitrogen and oxygen atoms in total. The average Bonchev–Trinajstić information content (AvgIpc) is 2.80. The van der Waals surface area contributed by atoms with Crippen LogP contribution in [-0.2, 0) is 4.57 Å². The molecule has 5 aromatic rings. The maximum absolute atomic E-state index is 8.88. The molecule has 0 amide bonds. The SMILES string of the molecule is O=P(O)(O)O.Oc1ccccc1.c1ccc2ccccc2c1.c1ccc2ncccc2c1. The molecule has 0 aliphatic heterocycles. The molecule has 1 heterocycles. The van der Waals surface area contributed by atoms with Crippen molar-refractivity contribution in [3.05, 3.63) is 121 Å². The van der Waals surface area contributed by atoms with Crippen molar-refractivity contribution in [3.63, 3.8) is 0 Å². The molecule has 5 rings (SSSR count). The highest BCUT2D eigenvalue weighted by molar-refractivity contribution is 7.45. The standard InChI is InChI=1S/C10H8.C9H7N.C6H6O.H3O4P/c1-2-6-10-8-4-3-7-9(10)5-1;1-2-6-9-8(4-1)5-3-7-10-9;7-6-4-2-1-3-5-6;1-5(2,3)4/h1-8H;1-7H;1-5,7H;(H3,1,2,3,4). The van der Waals surface area contributed by atoms with Gasteiger partial charge in [0.1, 0.15) is 5.75 Å². The van der Waals surface area contributed by atoms with E-state index in [0.29, 0.717) is 5.75 Å². The zero-order valence-electron chi connectivity index (χ0n) is 17.1. The Balaban J connectivity index is 0.000000157. The molecule has 164 valence electrons. The van der Waals surface area contributed by atoms with Gasteiger partial charge < -0.3 is 19.8 Å². The summed E-state index contributed by atoms with van der Waals surface area (Å²) in [7, 11) is -4.64. The topological polar surface area (TPSA) is 111 Å². The van der Waals surface area contributed by atoms with Crippen molar-refractivity contribution in [2.75, 3.05) is 0 Å². The molecule has 0 spiro atoms. The van der Waals surface area contributed by atoms with Crippen LogP contribution in [0.3, 0.4) is 0 Å². The Morgan fingerprint density at radius 3 is 1.31 bits per heavy atom. The van der Waals surface area contributed by atoms with E-state index in [4.69, 9.17) is 24.4 Å². The fourth-order valence-corrected chi connectivity index (χ4v) is 2.58. The fraction of sp³-hybridized carbons (Fsp3) is 0. The summed E-state index contributed by atoms with van der Waals surface area (Å²) < 4.78 is 8.88. The first kappa shape index (κ1) is 24.7. The molecule has 0 atom stereocenters. The van der Waals surface area contributed by atoms with Crippen LogP contribution in [0.2, 0.25) is 0 Å². The van der Waals surface area contributed by atoms with E-state index < -0.39 is 7.82 Å². The van der Waals surface area contributed by atoms with Gasteiger partial charge in [-0.2, -0.15) is 0 Å². The van der Waals surface area contributed by atoms with Gasteiger partial charge in [-0.25, -0.2) is 4.57 Å². The van der Waals surface area contributed by atoms with Crippen molar-refractivity contribution in [2.45, 2.75) is 0 Å². The number of rotatable bonds is 0. The Bertz CT molecular complexity index is 1050. The van der Waals surface area contributed by atoms with Crippen LogP contribution in [0.1, 0.15) is 0 Å². The smallest absolute Gasteiger partial charge is 0.466 e. The normalized spacial score (nSPS) is 9.97. The first-order valence-electron chi connectivity index (χ1n) is 9.59. The van der Waals surface area contributed by atoms with Crippen molar-refractivity contribution in [1.82, 2.24) is 4.98 Å². The molecule has 0 saturated carbocycles. The van der Waals surface area contributed by atoms with Crippen LogP contribution in [0, 0.1) is 0 Å². The molecule has 0 radical (unpaired) electrons. The summed E-state index contributed by atoms with van der Waals surface area (Å²) in [6, 6.07) is 37.5. The summed E-state index contributed by atoms with van der Waals surface area (Å²) in [6.45, 7) is 0. The van der Waals surface area contributed by atoms with Crippen molar-refractivity contribution >= 4 is 29.5 Å². The lowest BCUT2D eigenvalue weighted by atomic mass is 10.1. The van der Waals surface area contributed by atoms with Crippen LogP contribution in [0.15, 0.2) is 121 Å². The van der Waals surface area contributed by atoms with E-state index in [1.807, 2.05) is 36.5 Å². The molecular formula is C25H24NO5P. The van der Waals surface area contributed by atoms with Gasteiger partial charge in [-0.15, -0.1) is 0 Å². The van der Waals surface area contributed by atoms with Gasteiger partial charge >= 0.3 is 7.82 Å². The van der Waals surface area contributed by atoms with E-state index >= 15 is 0 Å². The monoisotopic (exact) mass is 449 g/mol. The van der Waals surface area contributed by atoms with Gasteiger partial charge in [0, 0.05) is 11.6 Å². The second kappa shape index (κ2) is 13.0. The summed E-state index contributed by atoms with van der Waals surface area (Å²) in [5, 5.41) is 12.5. The third-order valence-corrected chi connectivity index (χ3v) is 3.93. The number of hydrogen-bond acceptors (Lipinski definition) is 3. The number of benzene rings is 4. The van der Waals surface area contributed by atoms with Gasteiger partial charge in [-0.3, -0.25) is 4.98 Å². The van der Waals surface area contributed by atoms with Crippen molar-refractivity contribution < 1.29 is 24.4 Å². The molecular weight excluding hydrogens is 425 g/mol. The zero-order chi connectivity index (χ0) is 23.2. The molecule has 7 heteroatoms. The second-order valence-corrected chi connectivity index (χ2v) is 7.42. The summed E-state index contributed by atoms with van der Waals surface area (Å²) in [5.74, 6) is 0.322. The van der Waals surface area contributed by atoms with Crippen molar-refractivity contribution in [2.24, 2.45) is 0 Å². The molecule has 4 aromatic carbocycles. The number of fused-ring (bicyclic) bond motifs is 2. The number of phosphoric acid groups is 1. The van der Waals surface area contributed by atoms with Crippen LogP contribution in [0.25, 0.3) is 21.7 Å². The molecule has 4 N–H and O–H groups in total. The summed E-state index contributed by atoms with van der Waals surface area (Å²) in [5.41, 5.74) is 1.06. The fourth-order valence-electron chi connectivity index (χ4n) is 2.58. The number of phenols is 1. The molecule has 1 aromatic heterocycles. The first-order valence-corrected chi connectivity index (χ1v) is 11.2. The Labute approximate surface area is 186 Å². The number of phenolic OH excluding ortho intramolecular Hbond substituents is 1. The molecule has 0 aliphatic rings. The van der Waals surface area contributed by atoms with Crippen LogP contribution < -0.4 is 0 Å². The Morgan fingerprint density at radius 2 is 0.906 bits per heavy atom. The minimum absolute atomic E-state index is 0.322. The largest absolute Gasteiger partial charge is 0.508 e. The maximum atomic E-state index is 8.88. The van der Waals surface area contributed by atoms with E-state index in [-0.39, 0.29) is 0 Å². The summed E-state index contributed by atoms with van der Waals surface area (Å²) in [6.07, 6.45) is 1.81. The van der Waals surface area contributed by atoms with Gasteiger partial charge in [0.25, 0.3) is 0 Å². The van der Waals surface area contributed by atoms with Crippen LogP contribution >= 0.6 is 7.82 Å². The number of pyridine rings is 1. The van der Waals surface area contributed by atoms with Gasteiger partial charge in [0.2, 0.25) is 0 Å². The zero-order valence-corrected chi connectivity index (χ0v) is 18.0. The molecule has 0 aliphatic carbocycles. The quantitative estimate of drug-likeness (QED) is 0.231. The van der Waals surface area contributed by atoms with Gasteiger partial charge in [-0.05, 0) is 35.0 Å². The van der Waals surface area contributed by atoms with Crippen molar-refractivity contribution in [1.29, 1.82) is 0 Å². The van der Waals surface area contributed by atoms with E-state index in [1.54, 1.807) is 24.3 Å². The number of aromatic hydroxyl groups is 1. The predicted molar refractivity (Wildman–Crippen MR) is 128 cm³/mol. The van der Waals surface area contributed by atoms with Gasteiger partial charge in [-0.1, -0.05) is 91.0 Å². The molecule has 0 saturated heterocycles. The van der Waals surface area contributed by atoms with E-state index in [2.05, 4.69) is 65.6 Å². The van der Waals surface area contributed by atoms with E-state index in [9.17, 15) is 0 Å². The van der Waals surface area contributed by atoms with Gasteiger partial charge in [0.05, 0.1) is 5.52 Å². The summed E-state index contributed by atoms with van der Waals surface area (Å²) >= 11 is 0. The molecule has 0 unspecified atom stereocenters. The van der Waals surface area contributed by atoms with E-state index in [0.717, 1.165) is 5.52 Å². The molecule has 0 bridgehead atoms. The van der Waals surface area contributed by atoms with E-state index in [1.165, 1.54) is 16.2 Å². The first-order chi connectivity index (χ1) is 15.3. The molecule has 0 fully saturated rings. The number of hydrogen-bond donors (Lipinski definition) is 4. The van der Waals surface area contributed by atoms with Gasteiger partial charge in [0.15, 0.2) is 0 Å². The number of para-hydroxylation sites is 2. The average molecular weight is 449 g/mol. The highest BCUT2D eigenvalue weighted by Crippen LogP contribution is 2.25. The van der Waals surface area contributed by atoms with Crippen LogP contribution in [-0.4, -0.2) is 24.8 Å². The maximum Gasteiger partial charge on any atom is 0.466 e. The summed E-state index contributed by atoms with van der Waals surface area (Å²) in [4.78, 5) is 25.7. The molecule has 32 heavy (non-hydrogen) atoms. The Hall–Kier alpha value is -3.54. The second-order valence-electron chi connectivity index (χ2n) is 6.39. The highest BCUT2D eigenvalue weighted by Gasteiger charge is 2.00. The number of aromatic nitrogens is 1. The minimum atomic E-state index is -4.64. The Morgan fingerprint density at radius 1 is 0.531 bits per heavy atom. The number of nitrogens with zero attached hydrogens (tertiary/aromatic N) is 1. The lowest BCUT2D eigenvalue weighted by Gasteiger charge is -1.92. The minimum Gasteiger partial charge on any atom is -0.508 e. The van der Waals surface area contributed by atoms with Crippen LogP contribution in [0.5, 0.6) is 5.75 Å². The third kappa shape index (κ3) is 10.5. The highest BCUT2D eigenvalue weighted by atomic mass is 31.2. The predicted octanol–water partition coefficient (Wildman–Crippen LogP) is 5.54. The van der Waals surface area contributed by atoms with Crippen molar-refractivity contribution in [3.8, 4) is 5.75 Å². The third-order valence-electron chi connectivity index (χ3n) is 3.93. The lowest BCUT2D eigenvalue weighted by molar-refractivity contribution is 0.275. The Kier molecular flexibility index (Phi) is 10.0. The van der Waals surface area contributed by atoms with Crippen LogP contribution in [0.4, 0.5) is 0 Å².